The lowest BCUT2D eigenvalue weighted by Crippen LogP contribution is -2.52. The molecule has 8 heteroatoms. The van der Waals surface area contributed by atoms with Crippen LogP contribution in [0.2, 0.25) is 0 Å². The van der Waals surface area contributed by atoms with Gasteiger partial charge < -0.3 is 10.6 Å². The van der Waals surface area contributed by atoms with Gasteiger partial charge in [0.2, 0.25) is 10.0 Å². The number of hydrogen-bond donors (Lipinski definition) is 1. The molecule has 1 aromatic rings. The lowest BCUT2D eigenvalue weighted by molar-refractivity contribution is 0.382. The van der Waals surface area contributed by atoms with Crippen molar-refractivity contribution in [3.8, 4) is 0 Å². The number of piperazine rings is 1. The zero-order valence-electron chi connectivity index (χ0n) is 11.7. The predicted octanol–water partition coefficient (Wildman–Crippen LogP) is 0.952. The van der Waals surface area contributed by atoms with E-state index in [4.69, 9.17) is 18.0 Å². The fraction of sp³-hybridized carbons (Fsp3) is 0.462. The fourth-order valence-corrected chi connectivity index (χ4v) is 4.04. The highest BCUT2D eigenvalue weighted by Gasteiger charge is 2.33. The summed E-state index contributed by atoms with van der Waals surface area (Å²) in [5.41, 5.74) is 5.93. The van der Waals surface area contributed by atoms with Crippen LogP contribution in [-0.2, 0) is 10.0 Å². The van der Waals surface area contributed by atoms with E-state index in [0.717, 1.165) is 0 Å². The van der Waals surface area contributed by atoms with E-state index >= 15 is 0 Å². The second-order valence-electron chi connectivity index (χ2n) is 4.93. The van der Waals surface area contributed by atoms with E-state index in [1.807, 2.05) is 4.90 Å². The second-order valence-corrected chi connectivity index (χ2v) is 7.65. The third-order valence-corrected chi connectivity index (χ3v) is 6.37. The van der Waals surface area contributed by atoms with Crippen molar-refractivity contribution < 1.29 is 12.8 Å². The highest BCUT2D eigenvalue weighted by molar-refractivity contribution is 7.92. The van der Waals surface area contributed by atoms with Gasteiger partial charge in [0, 0.05) is 26.2 Å². The monoisotopic (exact) mass is 331 g/mol. The van der Waals surface area contributed by atoms with E-state index in [0.29, 0.717) is 31.9 Å². The number of halogens is 1. The fourth-order valence-electron chi connectivity index (χ4n) is 2.26. The first-order valence-electron chi connectivity index (χ1n) is 6.62. The smallest absolute Gasteiger partial charge is 0.223 e. The normalized spacial score (nSPS) is 18.5. The van der Waals surface area contributed by atoms with E-state index in [9.17, 15) is 12.8 Å². The largest absolute Gasteiger partial charge is 0.392 e. The Morgan fingerprint density at radius 2 is 1.86 bits per heavy atom. The Bertz CT molecular complexity index is 628. The molecule has 0 amide bonds. The zero-order chi connectivity index (χ0) is 15.6. The average Bonchev–Trinajstić information content (AvgIpc) is 2.47. The summed E-state index contributed by atoms with van der Waals surface area (Å²) in [4.78, 5) is 1.80. The van der Waals surface area contributed by atoms with Crippen LogP contribution in [0.1, 0.15) is 6.92 Å². The molecule has 0 radical (unpaired) electrons. The molecule has 2 rings (SSSR count). The number of sulfonamides is 1. The highest BCUT2D eigenvalue weighted by atomic mass is 32.2. The van der Waals surface area contributed by atoms with Crippen molar-refractivity contribution in [3.05, 3.63) is 30.1 Å². The molecule has 1 aliphatic rings. The number of anilines is 1. The van der Waals surface area contributed by atoms with Gasteiger partial charge >= 0.3 is 0 Å². The molecule has 0 bridgehead atoms. The summed E-state index contributed by atoms with van der Waals surface area (Å²) in [5, 5.41) is -0.882. The van der Waals surface area contributed by atoms with E-state index in [1.165, 1.54) is 17.3 Å². The summed E-state index contributed by atoms with van der Waals surface area (Å²) < 4.78 is 39.7. The Balaban J connectivity index is 2.07. The molecule has 1 unspecified atom stereocenters. The number of benzene rings is 1. The van der Waals surface area contributed by atoms with Crippen LogP contribution in [0.3, 0.4) is 0 Å². The van der Waals surface area contributed by atoms with Gasteiger partial charge in [0.1, 0.15) is 11.1 Å². The maximum atomic E-state index is 13.7. The lowest BCUT2D eigenvalue weighted by atomic mass is 10.2. The van der Waals surface area contributed by atoms with Gasteiger partial charge in [-0.25, -0.2) is 12.8 Å². The van der Waals surface area contributed by atoms with Crippen LogP contribution < -0.4 is 10.6 Å². The molecular weight excluding hydrogens is 313 g/mol. The molecule has 1 atom stereocenters. The molecule has 0 spiro atoms. The topological polar surface area (TPSA) is 66.6 Å². The van der Waals surface area contributed by atoms with E-state index in [2.05, 4.69) is 0 Å². The molecule has 0 aliphatic carbocycles. The molecule has 5 nitrogen and oxygen atoms in total. The SMILES string of the molecule is CC(C(N)=S)S(=O)(=O)N1CCN(c2ccccc2F)CC1. The van der Waals surface area contributed by atoms with Gasteiger partial charge in [-0.1, -0.05) is 24.4 Å². The van der Waals surface area contributed by atoms with Crippen LogP contribution in [-0.4, -0.2) is 49.1 Å². The number of nitrogens with zero attached hydrogens (tertiary/aromatic N) is 2. The van der Waals surface area contributed by atoms with Crippen LogP contribution in [0, 0.1) is 5.82 Å². The van der Waals surface area contributed by atoms with Gasteiger partial charge in [-0.2, -0.15) is 4.31 Å². The molecule has 21 heavy (non-hydrogen) atoms. The predicted molar refractivity (Wildman–Crippen MR) is 85.4 cm³/mol. The molecule has 0 aromatic heterocycles. The number of rotatable bonds is 4. The number of thiocarbonyl (C=S) groups is 1. The molecule has 1 aliphatic heterocycles. The minimum atomic E-state index is -3.53. The zero-order valence-corrected chi connectivity index (χ0v) is 13.3. The third-order valence-electron chi connectivity index (χ3n) is 3.64. The van der Waals surface area contributed by atoms with Gasteiger partial charge in [-0.05, 0) is 19.1 Å². The molecule has 1 aromatic carbocycles. The summed E-state index contributed by atoms with van der Waals surface area (Å²) in [6.45, 7) is 2.95. The van der Waals surface area contributed by atoms with Crippen molar-refractivity contribution in [1.29, 1.82) is 0 Å². The van der Waals surface area contributed by atoms with E-state index in [-0.39, 0.29) is 10.8 Å². The second kappa shape index (κ2) is 6.25. The Morgan fingerprint density at radius 1 is 1.29 bits per heavy atom. The summed E-state index contributed by atoms with van der Waals surface area (Å²) in [6, 6.07) is 6.48. The van der Waals surface area contributed by atoms with Crippen molar-refractivity contribution in [2.24, 2.45) is 5.73 Å². The molecule has 0 saturated carbocycles. The number of hydrogen-bond acceptors (Lipinski definition) is 4. The Labute approximate surface area is 129 Å². The maximum absolute atomic E-state index is 13.7. The molecule has 1 heterocycles. The van der Waals surface area contributed by atoms with Gasteiger partial charge in [0.25, 0.3) is 0 Å². The van der Waals surface area contributed by atoms with Crippen LogP contribution in [0.15, 0.2) is 24.3 Å². The minimum Gasteiger partial charge on any atom is -0.392 e. The first-order valence-corrected chi connectivity index (χ1v) is 8.53. The molecule has 1 saturated heterocycles. The summed E-state index contributed by atoms with van der Waals surface area (Å²) in [7, 11) is -3.53. The quantitative estimate of drug-likeness (QED) is 0.832. The summed E-state index contributed by atoms with van der Waals surface area (Å²) in [6.07, 6.45) is 0. The Morgan fingerprint density at radius 3 is 2.38 bits per heavy atom. The number of nitrogens with two attached hydrogens (primary N) is 1. The summed E-state index contributed by atoms with van der Waals surface area (Å²) >= 11 is 4.76. The van der Waals surface area contributed by atoms with Crippen molar-refractivity contribution in [3.63, 3.8) is 0 Å². The average molecular weight is 331 g/mol. The molecule has 1 fully saturated rings. The van der Waals surface area contributed by atoms with Crippen molar-refractivity contribution in [2.45, 2.75) is 12.2 Å². The van der Waals surface area contributed by atoms with Gasteiger partial charge in [0.05, 0.1) is 10.7 Å². The molecule has 116 valence electrons. The first-order chi connectivity index (χ1) is 9.84. The maximum Gasteiger partial charge on any atom is 0.223 e. The third kappa shape index (κ3) is 3.33. The van der Waals surface area contributed by atoms with Gasteiger partial charge in [0.15, 0.2) is 0 Å². The standard InChI is InChI=1S/C13H18FN3O2S2/c1-10(13(15)20)21(18,19)17-8-6-16(7-9-17)12-5-3-2-4-11(12)14/h2-5,10H,6-9H2,1H3,(H2,15,20). The van der Waals surface area contributed by atoms with Gasteiger partial charge in [-0.15, -0.1) is 0 Å². The van der Waals surface area contributed by atoms with Crippen LogP contribution >= 0.6 is 12.2 Å². The minimum absolute atomic E-state index is 0.0356. The Kier molecular flexibility index (Phi) is 4.80. The van der Waals surface area contributed by atoms with Crippen molar-refractivity contribution in [1.82, 2.24) is 4.31 Å². The Hall–Kier alpha value is -1.25. The van der Waals surface area contributed by atoms with E-state index < -0.39 is 15.3 Å². The summed E-state index contributed by atoms with van der Waals surface area (Å²) in [5.74, 6) is -0.301. The molecular formula is C13H18FN3O2S2. The molecule has 2 N–H and O–H groups in total. The van der Waals surface area contributed by atoms with Crippen LogP contribution in [0.25, 0.3) is 0 Å². The highest BCUT2D eigenvalue weighted by Crippen LogP contribution is 2.21. The van der Waals surface area contributed by atoms with Crippen LogP contribution in [0.4, 0.5) is 10.1 Å². The van der Waals surface area contributed by atoms with Crippen molar-refractivity contribution in [2.75, 3.05) is 31.1 Å². The first kappa shape index (κ1) is 16.1. The van der Waals surface area contributed by atoms with Crippen molar-refractivity contribution >= 4 is 32.9 Å². The number of para-hydroxylation sites is 1. The van der Waals surface area contributed by atoms with Crippen LogP contribution in [0.5, 0.6) is 0 Å². The van der Waals surface area contributed by atoms with E-state index in [1.54, 1.807) is 18.2 Å². The lowest BCUT2D eigenvalue weighted by Gasteiger charge is -2.36. The van der Waals surface area contributed by atoms with Gasteiger partial charge in [-0.3, -0.25) is 0 Å².